The number of aromatic nitrogens is 3. The number of hydrogen-bond donors (Lipinski definition) is 0. The number of aryl methyl sites for hydroxylation is 1. The van der Waals surface area contributed by atoms with Gasteiger partial charge < -0.3 is 0 Å². The first-order valence-electron chi connectivity index (χ1n) is 8.54. The Balaban J connectivity index is 2.76. The Hall–Kier alpha value is -1.64. The van der Waals surface area contributed by atoms with Crippen molar-refractivity contribution in [3.05, 3.63) is 35.7 Å². The van der Waals surface area contributed by atoms with Crippen LogP contribution in [0, 0.1) is 6.92 Å². The van der Waals surface area contributed by atoms with Crippen molar-refractivity contribution < 1.29 is 4.57 Å². The predicted octanol–water partition coefficient (Wildman–Crippen LogP) is 4.78. The van der Waals surface area contributed by atoms with E-state index in [2.05, 4.69) is 96.0 Å². The van der Waals surface area contributed by atoms with Crippen LogP contribution in [0.4, 0.5) is 0 Å². The van der Waals surface area contributed by atoms with Gasteiger partial charge in [0.15, 0.2) is 11.7 Å². The van der Waals surface area contributed by atoms with Gasteiger partial charge in [-0.1, -0.05) is 20.8 Å². The largest absolute Gasteiger partial charge is 0.256 e. The summed E-state index contributed by atoms with van der Waals surface area (Å²) in [4.78, 5) is 0. The molecule has 0 fully saturated rings. The van der Waals surface area contributed by atoms with E-state index in [1.165, 1.54) is 17.0 Å². The van der Waals surface area contributed by atoms with Gasteiger partial charge in [0.1, 0.15) is 5.69 Å². The highest BCUT2D eigenvalue weighted by Gasteiger charge is 2.30. The molecule has 0 saturated heterocycles. The predicted molar refractivity (Wildman–Crippen MR) is 96.7 cm³/mol. The molecule has 0 aliphatic carbocycles. The second-order valence-electron chi connectivity index (χ2n) is 8.83. The lowest BCUT2D eigenvalue weighted by molar-refractivity contribution is -0.744. The molecule has 0 aromatic carbocycles. The van der Waals surface area contributed by atoms with E-state index in [9.17, 15) is 0 Å². The van der Waals surface area contributed by atoms with E-state index in [0.717, 1.165) is 5.69 Å². The number of nitrogens with zero attached hydrogens (tertiary/aromatic N) is 3. The molecule has 2 aromatic rings. The summed E-state index contributed by atoms with van der Waals surface area (Å²) in [5.41, 5.74) is 4.91. The van der Waals surface area contributed by atoms with Crippen molar-refractivity contribution in [2.75, 3.05) is 0 Å². The maximum atomic E-state index is 4.91. The quantitative estimate of drug-likeness (QED) is 0.731. The van der Waals surface area contributed by atoms with Crippen molar-refractivity contribution in [3.63, 3.8) is 0 Å². The van der Waals surface area contributed by atoms with Crippen molar-refractivity contribution in [2.45, 2.75) is 79.3 Å². The molecule has 0 bridgehead atoms. The monoisotopic (exact) mass is 314 g/mol. The smallest absolute Gasteiger partial charge is 0.231 e. The van der Waals surface area contributed by atoms with Crippen LogP contribution in [0.3, 0.4) is 0 Å². The van der Waals surface area contributed by atoms with Gasteiger partial charge in [-0.15, -0.1) is 0 Å². The van der Waals surface area contributed by atoms with Gasteiger partial charge in [-0.25, -0.2) is 0 Å². The Morgan fingerprint density at radius 3 is 2.13 bits per heavy atom. The SMILES string of the molecule is Cc1cc[n+](C(C)(C)C)c(-c2cc(C(C)(C)C)nn2C(C)C)c1. The molecule has 0 N–H and O–H groups in total. The van der Waals surface area contributed by atoms with E-state index in [0.29, 0.717) is 6.04 Å². The lowest BCUT2D eigenvalue weighted by Crippen LogP contribution is -2.51. The lowest BCUT2D eigenvalue weighted by Gasteiger charge is -2.18. The van der Waals surface area contributed by atoms with Crippen LogP contribution in [-0.2, 0) is 11.0 Å². The van der Waals surface area contributed by atoms with Crippen molar-refractivity contribution in [2.24, 2.45) is 0 Å². The van der Waals surface area contributed by atoms with E-state index in [1.807, 2.05) is 0 Å². The number of pyridine rings is 1. The molecule has 126 valence electrons. The van der Waals surface area contributed by atoms with Gasteiger partial charge in [0.2, 0.25) is 5.69 Å². The van der Waals surface area contributed by atoms with Crippen molar-refractivity contribution in [1.82, 2.24) is 9.78 Å². The summed E-state index contributed by atoms with van der Waals surface area (Å²) in [5.74, 6) is 0. The van der Waals surface area contributed by atoms with E-state index in [1.54, 1.807) is 0 Å². The molecule has 2 heterocycles. The first kappa shape index (κ1) is 17.7. The fourth-order valence-electron chi connectivity index (χ4n) is 2.73. The molecule has 0 atom stereocenters. The van der Waals surface area contributed by atoms with Gasteiger partial charge in [0.05, 0.1) is 5.69 Å². The normalized spacial score (nSPS) is 13.0. The zero-order chi connectivity index (χ0) is 17.6. The van der Waals surface area contributed by atoms with Crippen molar-refractivity contribution >= 4 is 0 Å². The maximum absolute atomic E-state index is 4.91. The average molecular weight is 314 g/mol. The van der Waals surface area contributed by atoms with Gasteiger partial charge in [0.25, 0.3) is 0 Å². The molecule has 3 nitrogen and oxygen atoms in total. The fourth-order valence-corrected chi connectivity index (χ4v) is 2.73. The van der Waals surface area contributed by atoms with E-state index < -0.39 is 0 Å². The first-order chi connectivity index (χ1) is 10.4. The zero-order valence-electron chi connectivity index (χ0n) is 16.2. The molecule has 0 aliphatic heterocycles. The maximum Gasteiger partial charge on any atom is 0.231 e. The molecule has 3 heteroatoms. The van der Waals surface area contributed by atoms with Crippen LogP contribution in [0.15, 0.2) is 24.4 Å². The molecule has 23 heavy (non-hydrogen) atoms. The van der Waals surface area contributed by atoms with Gasteiger partial charge in [-0.05, 0) is 32.4 Å². The minimum Gasteiger partial charge on any atom is -0.256 e. The van der Waals surface area contributed by atoms with E-state index in [-0.39, 0.29) is 11.0 Å². The Bertz CT molecular complexity index is 695. The van der Waals surface area contributed by atoms with Crippen LogP contribution in [0.25, 0.3) is 11.4 Å². The second kappa shape index (κ2) is 5.77. The fraction of sp³-hybridized carbons (Fsp3) is 0.600. The highest BCUT2D eigenvalue weighted by atomic mass is 15.3. The Labute approximate surface area is 141 Å². The highest BCUT2D eigenvalue weighted by molar-refractivity contribution is 5.54. The minimum atomic E-state index is 0.0248. The number of rotatable bonds is 2. The Kier molecular flexibility index (Phi) is 4.44. The van der Waals surface area contributed by atoms with Gasteiger partial charge in [0, 0.05) is 44.4 Å². The lowest BCUT2D eigenvalue weighted by atomic mass is 9.92. The van der Waals surface area contributed by atoms with E-state index in [4.69, 9.17) is 5.10 Å². The summed E-state index contributed by atoms with van der Waals surface area (Å²) in [7, 11) is 0. The van der Waals surface area contributed by atoms with Gasteiger partial charge in [-0.3, -0.25) is 4.68 Å². The number of hydrogen-bond acceptors (Lipinski definition) is 1. The Morgan fingerprint density at radius 1 is 1.04 bits per heavy atom. The molecule has 0 aliphatic rings. The van der Waals surface area contributed by atoms with Gasteiger partial charge in [-0.2, -0.15) is 9.67 Å². The summed E-state index contributed by atoms with van der Waals surface area (Å²) in [6.45, 7) is 19.9. The topological polar surface area (TPSA) is 21.7 Å². The summed E-state index contributed by atoms with van der Waals surface area (Å²) < 4.78 is 4.51. The van der Waals surface area contributed by atoms with Crippen molar-refractivity contribution in [3.8, 4) is 11.4 Å². The molecule has 0 radical (unpaired) electrons. The van der Waals surface area contributed by atoms with Crippen LogP contribution in [0.2, 0.25) is 0 Å². The first-order valence-corrected chi connectivity index (χ1v) is 8.54. The third kappa shape index (κ3) is 3.65. The van der Waals surface area contributed by atoms with Crippen LogP contribution >= 0.6 is 0 Å². The molecule has 0 unspecified atom stereocenters. The molecular formula is C20H32N3+. The van der Waals surface area contributed by atoms with Crippen LogP contribution in [0.5, 0.6) is 0 Å². The minimum absolute atomic E-state index is 0.0248. The molecule has 0 spiro atoms. The van der Waals surface area contributed by atoms with E-state index >= 15 is 0 Å². The molecular weight excluding hydrogens is 282 g/mol. The third-order valence-electron chi connectivity index (χ3n) is 4.09. The zero-order valence-corrected chi connectivity index (χ0v) is 16.2. The van der Waals surface area contributed by atoms with Crippen LogP contribution in [0.1, 0.15) is 72.7 Å². The summed E-state index contributed by atoms with van der Waals surface area (Å²) in [5, 5.41) is 4.91. The molecule has 2 aromatic heterocycles. The molecule has 0 saturated carbocycles. The van der Waals surface area contributed by atoms with Gasteiger partial charge >= 0.3 is 0 Å². The summed E-state index contributed by atoms with van der Waals surface area (Å²) >= 11 is 0. The standard InChI is InChI=1S/C20H32N3/c1-14(2)23-17(13-18(21-23)19(4,5)6)16-12-15(3)10-11-22(16)20(7,8)9/h10-14H,1-9H3/q+1. The molecule has 2 rings (SSSR count). The Morgan fingerprint density at radius 2 is 1.65 bits per heavy atom. The van der Waals surface area contributed by atoms with Crippen LogP contribution in [-0.4, -0.2) is 9.78 Å². The molecule has 0 amide bonds. The average Bonchev–Trinajstić information content (AvgIpc) is 2.81. The van der Waals surface area contributed by atoms with Crippen molar-refractivity contribution in [1.29, 1.82) is 0 Å². The third-order valence-corrected chi connectivity index (χ3v) is 4.09. The highest BCUT2D eigenvalue weighted by Crippen LogP contribution is 2.29. The summed E-state index contributed by atoms with van der Waals surface area (Å²) in [6.07, 6.45) is 2.19. The second-order valence-corrected chi connectivity index (χ2v) is 8.83. The summed E-state index contributed by atoms with van der Waals surface area (Å²) in [6, 6.07) is 7.04. The van der Waals surface area contributed by atoms with Crippen LogP contribution < -0.4 is 4.57 Å².